The fourth-order valence-corrected chi connectivity index (χ4v) is 12.4. The van der Waals surface area contributed by atoms with Crippen molar-refractivity contribution in [2.45, 2.75) is 375 Å². The van der Waals surface area contributed by atoms with Crippen molar-refractivity contribution in [2.75, 3.05) is 39.6 Å². The van der Waals surface area contributed by atoms with Gasteiger partial charge in [-0.25, -0.2) is 9.13 Å². The van der Waals surface area contributed by atoms with Gasteiger partial charge in [0.2, 0.25) is 0 Å². The molecule has 0 saturated heterocycles. The Morgan fingerprint density at radius 3 is 0.947 bits per heavy atom. The van der Waals surface area contributed by atoms with Crippen molar-refractivity contribution in [3.05, 3.63) is 24.3 Å². The van der Waals surface area contributed by atoms with E-state index in [2.05, 4.69) is 72.8 Å². The Bertz CT molecular complexity index is 1930. The van der Waals surface area contributed by atoms with E-state index in [0.717, 1.165) is 121 Å². The maximum absolute atomic E-state index is 13.1. The number of allylic oxidation sites excluding steroid dienone is 4. The van der Waals surface area contributed by atoms with Gasteiger partial charge in [-0.2, -0.15) is 0 Å². The van der Waals surface area contributed by atoms with Crippen LogP contribution in [0.4, 0.5) is 0 Å². The van der Waals surface area contributed by atoms with Crippen LogP contribution in [0.5, 0.6) is 0 Å². The first-order valence-corrected chi connectivity index (χ1v) is 41.2. The molecule has 0 aliphatic rings. The van der Waals surface area contributed by atoms with E-state index in [4.69, 9.17) is 37.0 Å². The molecule has 0 aromatic rings. The molecule has 0 amide bonds. The average Bonchev–Trinajstić information content (AvgIpc) is 1.65. The Balaban J connectivity index is 5.25. The summed E-state index contributed by atoms with van der Waals surface area (Å²) < 4.78 is 68.4. The van der Waals surface area contributed by atoms with E-state index in [0.29, 0.717) is 31.6 Å². The summed E-state index contributed by atoms with van der Waals surface area (Å²) in [5, 5.41) is 10.6. The Labute approximate surface area is 573 Å². The van der Waals surface area contributed by atoms with Crippen LogP contribution >= 0.6 is 15.6 Å². The van der Waals surface area contributed by atoms with Crippen LogP contribution in [0.2, 0.25) is 0 Å². The predicted molar refractivity (Wildman–Crippen MR) is 381 cm³/mol. The summed E-state index contributed by atoms with van der Waals surface area (Å²) in [6.45, 7) is 11.7. The number of carbonyl (C=O) groups is 4. The molecule has 19 heteroatoms. The molecule has 0 saturated carbocycles. The van der Waals surface area contributed by atoms with Crippen LogP contribution in [-0.2, 0) is 65.4 Å². The molecule has 0 rings (SSSR count). The summed E-state index contributed by atoms with van der Waals surface area (Å²) in [5.74, 6) is 0.0797. The van der Waals surface area contributed by atoms with E-state index in [-0.39, 0.29) is 25.7 Å². The van der Waals surface area contributed by atoms with Crippen LogP contribution < -0.4 is 0 Å². The Hall–Kier alpha value is -2.46. The second-order valence-electron chi connectivity index (χ2n) is 27.5. The smallest absolute Gasteiger partial charge is 0.462 e. The first-order chi connectivity index (χ1) is 45.3. The van der Waals surface area contributed by atoms with Crippen molar-refractivity contribution >= 4 is 39.5 Å². The molecule has 0 spiro atoms. The van der Waals surface area contributed by atoms with Crippen LogP contribution in [0.1, 0.15) is 357 Å². The molecule has 0 heterocycles. The number of carbonyl (C=O) groups excluding carboxylic acids is 4. The van der Waals surface area contributed by atoms with Gasteiger partial charge in [0, 0.05) is 25.7 Å². The topological polar surface area (TPSA) is 237 Å². The maximum atomic E-state index is 13.1. The van der Waals surface area contributed by atoms with E-state index in [1.54, 1.807) is 0 Å². The van der Waals surface area contributed by atoms with Crippen LogP contribution in [0, 0.1) is 17.8 Å². The van der Waals surface area contributed by atoms with Crippen molar-refractivity contribution < 1.29 is 80.2 Å². The molecule has 17 nitrogen and oxygen atoms in total. The molecule has 554 valence electrons. The lowest BCUT2D eigenvalue weighted by atomic mass is 10.00. The van der Waals surface area contributed by atoms with Crippen molar-refractivity contribution in [1.29, 1.82) is 0 Å². The van der Waals surface area contributed by atoms with Crippen LogP contribution in [-0.4, -0.2) is 96.7 Å². The lowest BCUT2D eigenvalue weighted by Gasteiger charge is -2.21. The highest BCUT2D eigenvalue weighted by atomic mass is 31.2. The summed E-state index contributed by atoms with van der Waals surface area (Å²) in [6.07, 6.45) is 53.8. The number of hydrogen-bond donors (Lipinski definition) is 3. The summed E-state index contributed by atoms with van der Waals surface area (Å²) in [7, 11) is -9.92. The molecule has 94 heavy (non-hydrogen) atoms. The highest BCUT2D eigenvalue weighted by Gasteiger charge is 2.30. The number of rotatable bonds is 71. The van der Waals surface area contributed by atoms with E-state index in [9.17, 15) is 43.2 Å². The van der Waals surface area contributed by atoms with E-state index in [1.807, 2.05) is 0 Å². The van der Waals surface area contributed by atoms with Crippen molar-refractivity contribution in [1.82, 2.24) is 0 Å². The van der Waals surface area contributed by atoms with Gasteiger partial charge in [0.15, 0.2) is 12.2 Å². The monoisotopic (exact) mass is 1380 g/mol. The number of phosphoric ester groups is 2. The third-order valence-electron chi connectivity index (χ3n) is 17.1. The summed E-state index contributed by atoms with van der Waals surface area (Å²) in [5.41, 5.74) is 0. The maximum Gasteiger partial charge on any atom is 0.472 e. The number of unbranched alkanes of at least 4 members (excludes halogenated alkanes) is 35. The zero-order valence-corrected chi connectivity index (χ0v) is 62.7. The zero-order chi connectivity index (χ0) is 69.4. The molecule has 0 radical (unpaired) electrons. The minimum absolute atomic E-state index is 0.0848. The molecule has 0 fully saturated rings. The van der Waals surface area contributed by atoms with Gasteiger partial charge in [0.25, 0.3) is 0 Å². The lowest BCUT2D eigenvalue weighted by molar-refractivity contribution is -0.161. The van der Waals surface area contributed by atoms with Crippen molar-refractivity contribution in [2.24, 2.45) is 17.8 Å². The molecule has 3 unspecified atom stereocenters. The molecule has 0 aromatic carbocycles. The molecule has 0 bridgehead atoms. The van der Waals surface area contributed by atoms with Gasteiger partial charge in [-0.15, -0.1) is 0 Å². The molecule has 3 N–H and O–H groups in total. The van der Waals surface area contributed by atoms with Crippen LogP contribution in [0.15, 0.2) is 24.3 Å². The number of esters is 4. The number of hydrogen-bond acceptors (Lipinski definition) is 15. The third kappa shape index (κ3) is 66.8. The van der Waals surface area contributed by atoms with Crippen LogP contribution in [0.3, 0.4) is 0 Å². The fraction of sp³-hybridized carbons (Fsp3) is 0.893. The van der Waals surface area contributed by atoms with Gasteiger partial charge >= 0.3 is 39.5 Å². The third-order valence-corrected chi connectivity index (χ3v) is 19.0. The number of phosphoric acid groups is 2. The Morgan fingerprint density at radius 1 is 0.351 bits per heavy atom. The summed E-state index contributed by atoms with van der Waals surface area (Å²) in [6, 6.07) is 0. The number of aliphatic hydroxyl groups excluding tert-OH is 1. The van der Waals surface area contributed by atoms with Crippen molar-refractivity contribution in [3.63, 3.8) is 0 Å². The van der Waals surface area contributed by atoms with Crippen molar-refractivity contribution in [3.8, 4) is 0 Å². The van der Waals surface area contributed by atoms with Gasteiger partial charge < -0.3 is 33.8 Å². The van der Waals surface area contributed by atoms with Gasteiger partial charge in [0.05, 0.1) is 26.4 Å². The largest absolute Gasteiger partial charge is 0.472 e. The zero-order valence-electron chi connectivity index (χ0n) is 60.9. The first-order valence-electron chi connectivity index (χ1n) is 38.2. The average molecular weight is 1380 g/mol. The molecule has 6 atom stereocenters. The summed E-state index contributed by atoms with van der Waals surface area (Å²) >= 11 is 0. The Morgan fingerprint density at radius 2 is 0.628 bits per heavy atom. The van der Waals surface area contributed by atoms with Gasteiger partial charge in [0.1, 0.15) is 19.3 Å². The predicted octanol–water partition coefficient (Wildman–Crippen LogP) is 21.3. The number of aliphatic hydroxyl groups is 1. The molecule has 0 aliphatic heterocycles. The minimum Gasteiger partial charge on any atom is -0.462 e. The standard InChI is InChI=1S/C75H142O17P2/c1-8-10-11-12-13-14-15-16-19-24-27-30-35-44-51-58-74(79)91-70(62-85-72(77)56-49-42-34-29-26-23-21-18-17-20-22-25-28-32-39-46-53-66(3)4)64-89-93(81,82)87-60-69(76)61-88-94(83,84)90-65-71(92-75(80)59-52-45-36-31-33-40-47-54-67(5)6)63-86-73(78)57-50-43-38-37-41-48-55-68(7)9-2/h14-16,19,66-71,76H,8-13,17-18,20-65H2,1-7H3,(H,81,82)(H,83,84)/b15-14-,19-16-/t68?,69-,70-,71-/m1/s1. The van der Waals surface area contributed by atoms with Gasteiger partial charge in [-0.1, -0.05) is 304 Å². The fourth-order valence-electron chi connectivity index (χ4n) is 10.9. The molecule has 0 aromatic heterocycles. The normalized spacial score (nSPS) is 14.6. The van der Waals surface area contributed by atoms with E-state index < -0.39 is 97.5 Å². The van der Waals surface area contributed by atoms with E-state index >= 15 is 0 Å². The quantitative estimate of drug-likeness (QED) is 0.0169. The second kappa shape index (κ2) is 65.2. The SMILES string of the molecule is CCCCCC/C=C\C=C/CCCCCCCC(=O)O[C@H](COC(=O)CCCCCCCCCCCCCCCCCCC(C)C)COP(=O)(O)OC[C@@H](O)COP(=O)(O)OC[C@@H](COC(=O)CCCCCCCCC(C)CC)OC(=O)CCCCCCCCCC(C)C. The highest BCUT2D eigenvalue weighted by molar-refractivity contribution is 7.47. The highest BCUT2D eigenvalue weighted by Crippen LogP contribution is 2.45. The van der Waals surface area contributed by atoms with Gasteiger partial charge in [-0.05, 0) is 69.1 Å². The molecular formula is C75H142O17P2. The number of ether oxygens (including phenoxy) is 4. The van der Waals surface area contributed by atoms with E-state index in [1.165, 1.54) is 148 Å². The minimum atomic E-state index is -4.97. The first kappa shape index (κ1) is 91.5. The molecule has 0 aliphatic carbocycles. The second-order valence-corrected chi connectivity index (χ2v) is 30.5. The molecular weight excluding hydrogens is 1230 g/mol. The Kier molecular flexibility index (Phi) is 63.5. The lowest BCUT2D eigenvalue weighted by Crippen LogP contribution is -2.30. The van der Waals surface area contributed by atoms with Crippen LogP contribution in [0.25, 0.3) is 0 Å². The van der Waals surface area contributed by atoms with Gasteiger partial charge in [-0.3, -0.25) is 37.3 Å². The summed E-state index contributed by atoms with van der Waals surface area (Å²) in [4.78, 5) is 72.7.